The van der Waals surface area contributed by atoms with E-state index >= 15 is 0 Å². The van der Waals surface area contributed by atoms with Crippen LogP contribution in [0.4, 0.5) is 27.6 Å². The Balaban J connectivity index is 2.38. The van der Waals surface area contributed by atoms with Crippen LogP contribution in [0.15, 0.2) is 42.5 Å². The van der Waals surface area contributed by atoms with Crippen molar-refractivity contribution in [2.45, 2.75) is 6.18 Å². The third kappa shape index (κ3) is 3.18. The smallest absolute Gasteiger partial charge is 0.321 e. The number of alkyl halides is 3. The standard InChI is InChI=1S/C14H8F5NO/c15-9-5-3-6-10(16)12(9)13(21)20-11-7-2-1-4-8(11)14(17,18)19/h1-7H,(H,20,21). The average Bonchev–Trinajstić information content (AvgIpc) is 2.37. The van der Waals surface area contributed by atoms with Crippen molar-refractivity contribution in [3.8, 4) is 0 Å². The maximum Gasteiger partial charge on any atom is 0.418 e. The Morgan fingerprint density at radius 2 is 1.48 bits per heavy atom. The third-order valence-electron chi connectivity index (χ3n) is 2.67. The van der Waals surface area contributed by atoms with Gasteiger partial charge in [0.1, 0.15) is 17.2 Å². The zero-order valence-electron chi connectivity index (χ0n) is 10.3. The lowest BCUT2D eigenvalue weighted by molar-refractivity contribution is -0.136. The van der Waals surface area contributed by atoms with Gasteiger partial charge in [-0.3, -0.25) is 4.79 Å². The normalized spacial score (nSPS) is 11.3. The molecule has 0 saturated heterocycles. The third-order valence-corrected chi connectivity index (χ3v) is 2.67. The fourth-order valence-corrected chi connectivity index (χ4v) is 1.74. The molecule has 0 unspecified atom stereocenters. The summed E-state index contributed by atoms with van der Waals surface area (Å²) in [5.74, 6) is -3.60. The molecule has 0 radical (unpaired) electrons. The Hall–Kier alpha value is -2.44. The van der Waals surface area contributed by atoms with E-state index in [4.69, 9.17) is 0 Å². The minimum Gasteiger partial charge on any atom is -0.321 e. The average molecular weight is 301 g/mol. The van der Waals surface area contributed by atoms with Crippen molar-refractivity contribution in [3.63, 3.8) is 0 Å². The van der Waals surface area contributed by atoms with Crippen molar-refractivity contribution >= 4 is 11.6 Å². The van der Waals surface area contributed by atoms with E-state index in [0.717, 1.165) is 36.4 Å². The fraction of sp³-hybridized carbons (Fsp3) is 0.0714. The molecule has 0 aromatic heterocycles. The predicted molar refractivity (Wildman–Crippen MR) is 65.8 cm³/mol. The lowest BCUT2D eigenvalue weighted by atomic mass is 10.1. The second kappa shape index (κ2) is 5.51. The Kier molecular flexibility index (Phi) is 3.93. The van der Waals surface area contributed by atoms with Gasteiger partial charge in [-0.05, 0) is 24.3 Å². The van der Waals surface area contributed by atoms with E-state index < -0.39 is 40.5 Å². The maximum absolute atomic E-state index is 13.4. The van der Waals surface area contributed by atoms with E-state index in [2.05, 4.69) is 0 Å². The number of anilines is 1. The Morgan fingerprint density at radius 3 is 2.05 bits per heavy atom. The molecule has 0 aliphatic heterocycles. The molecule has 0 saturated carbocycles. The second-order valence-electron chi connectivity index (χ2n) is 4.09. The van der Waals surface area contributed by atoms with Gasteiger partial charge in [-0.1, -0.05) is 18.2 Å². The Bertz CT molecular complexity index is 661. The molecule has 21 heavy (non-hydrogen) atoms. The first-order chi connectivity index (χ1) is 9.80. The molecule has 0 fully saturated rings. The first-order valence-corrected chi connectivity index (χ1v) is 5.72. The van der Waals surface area contributed by atoms with Crippen molar-refractivity contribution in [1.29, 1.82) is 0 Å². The monoisotopic (exact) mass is 301 g/mol. The predicted octanol–water partition coefficient (Wildman–Crippen LogP) is 4.24. The zero-order valence-corrected chi connectivity index (χ0v) is 10.3. The molecular weight excluding hydrogens is 293 g/mol. The van der Waals surface area contributed by atoms with Gasteiger partial charge in [0.2, 0.25) is 0 Å². The molecule has 0 aliphatic rings. The lowest BCUT2D eigenvalue weighted by Crippen LogP contribution is -2.19. The van der Waals surface area contributed by atoms with E-state index in [1.807, 2.05) is 5.32 Å². The van der Waals surface area contributed by atoms with Gasteiger partial charge < -0.3 is 5.32 Å². The van der Waals surface area contributed by atoms with Gasteiger partial charge in [0.15, 0.2) is 0 Å². The molecule has 1 N–H and O–H groups in total. The number of para-hydroxylation sites is 1. The summed E-state index contributed by atoms with van der Waals surface area (Å²) < 4.78 is 65.1. The summed E-state index contributed by atoms with van der Waals surface area (Å²) in [7, 11) is 0. The number of amides is 1. The number of nitrogens with one attached hydrogen (secondary N) is 1. The van der Waals surface area contributed by atoms with Crippen molar-refractivity contribution in [3.05, 3.63) is 65.2 Å². The summed E-state index contributed by atoms with van der Waals surface area (Å²) in [6.45, 7) is 0. The molecule has 0 heterocycles. The van der Waals surface area contributed by atoms with Gasteiger partial charge in [0.05, 0.1) is 11.3 Å². The molecule has 0 aliphatic carbocycles. The Labute approximate surface area is 116 Å². The summed E-state index contributed by atoms with van der Waals surface area (Å²) in [6.07, 6.45) is -4.70. The van der Waals surface area contributed by atoms with E-state index in [1.54, 1.807) is 0 Å². The minimum atomic E-state index is -4.70. The molecule has 0 bridgehead atoms. The van der Waals surface area contributed by atoms with Crippen LogP contribution in [0.1, 0.15) is 15.9 Å². The number of benzene rings is 2. The highest BCUT2D eigenvalue weighted by molar-refractivity contribution is 6.05. The van der Waals surface area contributed by atoms with E-state index in [0.29, 0.717) is 0 Å². The van der Waals surface area contributed by atoms with Crippen LogP contribution in [0.3, 0.4) is 0 Å². The first-order valence-electron chi connectivity index (χ1n) is 5.72. The van der Waals surface area contributed by atoms with Crippen LogP contribution in [-0.2, 0) is 6.18 Å². The zero-order chi connectivity index (χ0) is 15.6. The molecule has 0 atom stereocenters. The molecule has 2 aromatic carbocycles. The van der Waals surface area contributed by atoms with Crippen molar-refractivity contribution in [1.82, 2.24) is 0 Å². The molecule has 2 rings (SSSR count). The van der Waals surface area contributed by atoms with E-state index in [1.165, 1.54) is 6.07 Å². The summed E-state index contributed by atoms with van der Waals surface area (Å²) in [6, 6.07) is 6.89. The van der Waals surface area contributed by atoms with Crippen LogP contribution in [0.2, 0.25) is 0 Å². The first kappa shape index (κ1) is 15.0. The molecule has 110 valence electrons. The highest BCUT2D eigenvalue weighted by atomic mass is 19.4. The summed E-state index contributed by atoms with van der Waals surface area (Å²) in [5.41, 5.74) is -2.61. The number of carbonyl (C=O) groups is 1. The van der Waals surface area contributed by atoms with Crippen molar-refractivity contribution < 1.29 is 26.7 Å². The molecule has 2 nitrogen and oxygen atoms in total. The van der Waals surface area contributed by atoms with E-state index in [-0.39, 0.29) is 0 Å². The van der Waals surface area contributed by atoms with Gasteiger partial charge >= 0.3 is 6.18 Å². The molecule has 7 heteroatoms. The van der Waals surface area contributed by atoms with Crippen LogP contribution in [-0.4, -0.2) is 5.91 Å². The molecule has 2 aromatic rings. The van der Waals surface area contributed by atoms with Crippen molar-refractivity contribution in [2.24, 2.45) is 0 Å². The van der Waals surface area contributed by atoms with Gasteiger partial charge in [-0.25, -0.2) is 8.78 Å². The molecule has 0 spiro atoms. The summed E-state index contributed by atoms with van der Waals surface area (Å²) in [4.78, 5) is 11.8. The fourth-order valence-electron chi connectivity index (χ4n) is 1.74. The second-order valence-corrected chi connectivity index (χ2v) is 4.09. The topological polar surface area (TPSA) is 29.1 Å². The number of halogens is 5. The SMILES string of the molecule is O=C(Nc1ccccc1C(F)(F)F)c1c(F)cccc1F. The number of hydrogen-bond acceptors (Lipinski definition) is 1. The van der Waals surface area contributed by atoms with Crippen LogP contribution >= 0.6 is 0 Å². The minimum absolute atomic E-state index is 0.572. The maximum atomic E-state index is 13.4. The molecule has 1 amide bonds. The van der Waals surface area contributed by atoms with Crippen molar-refractivity contribution in [2.75, 3.05) is 5.32 Å². The lowest BCUT2D eigenvalue weighted by Gasteiger charge is -2.13. The van der Waals surface area contributed by atoms with Crippen LogP contribution < -0.4 is 5.32 Å². The van der Waals surface area contributed by atoms with Gasteiger partial charge in [-0.2, -0.15) is 13.2 Å². The van der Waals surface area contributed by atoms with Crippen LogP contribution in [0.25, 0.3) is 0 Å². The van der Waals surface area contributed by atoms with Gasteiger partial charge in [-0.15, -0.1) is 0 Å². The number of rotatable bonds is 2. The largest absolute Gasteiger partial charge is 0.418 e. The van der Waals surface area contributed by atoms with Gasteiger partial charge in [0.25, 0.3) is 5.91 Å². The van der Waals surface area contributed by atoms with Crippen LogP contribution in [0.5, 0.6) is 0 Å². The van der Waals surface area contributed by atoms with Gasteiger partial charge in [0, 0.05) is 0 Å². The summed E-state index contributed by atoms with van der Waals surface area (Å²) in [5, 5.41) is 1.88. The van der Waals surface area contributed by atoms with Crippen LogP contribution in [0, 0.1) is 11.6 Å². The number of carbonyl (C=O) groups excluding carboxylic acids is 1. The summed E-state index contributed by atoms with van der Waals surface area (Å²) >= 11 is 0. The Morgan fingerprint density at radius 1 is 0.905 bits per heavy atom. The quantitative estimate of drug-likeness (QED) is 0.826. The highest BCUT2D eigenvalue weighted by Crippen LogP contribution is 2.34. The molecular formula is C14H8F5NO. The highest BCUT2D eigenvalue weighted by Gasteiger charge is 2.34. The number of hydrogen-bond donors (Lipinski definition) is 1. The van der Waals surface area contributed by atoms with E-state index in [9.17, 15) is 26.7 Å².